The zero-order valence-electron chi connectivity index (χ0n) is 20.2. The van der Waals surface area contributed by atoms with Gasteiger partial charge in [0.2, 0.25) is 0 Å². The van der Waals surface area contributed by atoms with E-state index in [-0.39, 0.29) is 23.1 Å². The Hall–Kier alpha value is -5.12. The van der Waals surface area contributed by atoms with Crippen molar-refractivity contribution in [3.05, 3.63) is 84.5 Å². The number of benzene rings is 2. The summed E-state index contributed by atoms with van der Waals surface area (Å²) in [6.07, 6.45) is 3.67. The minimum Gasteiger partial charge on any atom is -0.427 e. The number of carbonyl (C=O) groups is 6. The molecule has 0 radical (unpaired) electrons. The van der Waals surface area contributed by atoms with Crippen LogP contribution in [0.4, 0.5) is 11.4 Å². The average Bonchev–Trinajstić information content (AvgIpc) is 3.30. The van der Waals surface area contributed by atoms with E-state index in [4.69, 9.17) is 9.47 Å². The van der Waals surface area contributed by atoms with Gasteiger partial charge in [0.05, 0.1) is 11.4 Å². The highest BCUT2D eigenvalue weighted by atomic mass is 16.5. The van der Waals surface area contributed by atoms with Gasteiger partial charge in [-0.25, -0.2) is 14.6 Å². The number of esters is 2. The molecule has 4 amide bonds. The molecule has 0 unspecified atom stereocenters. The van der Waals surface area contributed by atoms with E-state index in [9.17, 15) is 28.8 Å². The number of imide groups is 2. The van der Waals surface area contributed by atoms with Crippen LogP contribution in [-0.2, 0) is 28.8 Å². The van der Waals surface area contributed by atoms with Crippen LogP contribution in [0.1, 0.15) is 20.8 Å². The topological polar surface area (TPSA) is 127 Å². The second-order valence-corrected chi connectivity index (χ2v) is 7.91. The summed E-state index contributed by atoms with van der Waals surface area (Å²) in [6.45, 7) is 7.89. The Bertz CT molecular complexity index is 1370. The van der Waals surface area contributed by atoms with Crippen LogP contribution < -0.4 is 19.3 Å². The second-order valence-electron chi connectivity index (χ2n) is 7.91. The van der Waals surface area contributed by atoms with E-state index in [1.807, 2.05) is 0 Å². The first-order valence-electron chi connectivity index (χ1n) is 10.9. The molecular weight excluding hydrogens is 480 g/mol. The van der Waals surface area contributed by atoms with Gasteiger partial charge in [-0.15, -0.1) is 0 Å². The van der Waals surface area contributed by atoms with Crippen molar-refractivity contribution >= 4 is 46.9 Å². The van der Waals surface area contributed by atoms with Crippen LogP contribution in [0.5, 0.6) is 11.5 Å². The molecule has 2 heterocycles. The number of nitrogens with zero attached hydrogens (tertiary/aromatic N) is 2. The van der Waals surface area contributed by atoms with Crippen molar-refractivity contribution in [3.8, 4) is 11.5 Å². The first kappa shape index (κ1) is 26.5. The van der Waals surface area contributed by atoms with Crippen molar-refractivity contribution in [2.75, 3.05) is 9.80 Å². The Labute approximate surface area is 212 Å². The number of hydrogen-bond donors (Lipinski definition) is 0. The van der Waals surface area contributed by atoms with Crippen molar-refractivity contribution in [3.63, 3.8) is 0 Å². The molecule has 2 aromatic carbocycles. The van der Waals surface area contributed by atoms with Gasteiger partial charge in [-0.3, -0.25) is 24.0 Å². The van der Waals surface area contributed by atoms with Gasteiger partial charge in [0.25, 0.3) is 23.6 Å². The maximum atomic E-state index is 11.7. The van der Waals surface area contributed by atoms with Crippen LogP contribution in [0, 0.1) is 0 Å². The lowest BCUT2D eigenvalue weighted by Crippen LogP contribution is -2.30. The lowest BCUT2D eigenvalue weighted by Gasteiger charge is -2.14. The summed E-state index contributed by atoms with van der Waals surface area (Å²) >= 11 is 0. The van der Waals surface area contributed by atoms with Gasteiger partial charge < -0.3 is 9.47 Å². The van der Waals surface area contributed by atoms with Crippen molar-refractivity contribution in [2.45, 2.75) is 20.8 Å². The molecule has 10 nitrogen and oxygen atoms in total. The molecule has 0 bridgehead atoms. The minimum absolute atomic E-state index is 0.248. The molecule has 37 heavy (non-hydrogen) atoms. The van der Waals surface area contributed by atoms with Crippen molar-refractivity contribution < 1.29 is 38.2 Å². The minimum atomic E-state index is -0.561. The fraction of sp³-hybridized carbons (Fsp3) is 0.111. The third-order valence-corrected chi connectivity index (χ3v) is 4.90. The van der Waals surface area contributed by atoms with Gasteiger partial charge in [0, 0.05) is 42.4 Å². The molecule has 0 atom stereocenters. The SMILES string of the molecule is C=C(C)C(=O)Oc1cccc(N2C(=O)C=CC2=O)c1.CC(=O)Oc1ccc(N2C(=O)C=C(C)C2=O)cc1. The van der Waals surface area contributed by atoms with Gasteiger partial charge >= 0.3 is 11.9 Å². The van der Waals surface area contributed by atoms with Crippen LogP contribution in [0.15, 0.2) is 84.5 Å². The molecular formula is C27H22N2O8. The summed E-state index contributed by atoms with van der Waals surface area (Å²) in [6, 6.07) is 12.4. The molecule has 0 fully saturated rings. The molecule has 0 aromatic heterocycles. The van der Waals surface area contributed by atoms with E-state index in [2.05, 4.69) is 6.58 Å². The normalized spacial score (nSPS) is 14.3. The highest BCUT2D eigenvalue weighted by molar-refractivity contribution is 6.30. The lowest BCUT2D eigenvalue weighted by molar-refractivity contribution is -0.132. The Morgan fingerprint density at radius 3 is 1.89 bits per heavy atom. The highest BCUT2D eigenvalue weighted by Crippen LogP contribution is 2.25. The fourth-order valence-corrected chi connectivity index (χ4v) is 3.20. The summed E-state index contributed by atoms with van der Waals surface area (Å²) in [4.78, 5) is 70.6. The van der Waals surface area contributed by atoms with Gasteiger partial charge in [0.1, 0.15) is 11.5 Å². The van der Waals surface area contributed by atoms with Crippen LogP contribution >= 0.6 is 0 Å². The number of hydrogen-bond acceptors (Lipinski definition) is 8. The van der Waals surface area contributed by atoms with Crippen molar-refractivity contribution in [1.29, 1.82) is 0 Å². The summed E-state index contributed by atoms with van der Waals surface area (Å²) in [5, 5.41) is 0. The summed E-state index contributed by atoms with van der Waals surface area (Å²) in [7, 11) is 0. The van der Waals surface area contributed by atoms with Crippen molar-refractivity contribution in [2.24, 2.45) is 0 Å². The molecule has 2 aliphatic heterocycles. The largest absolute Gasteiger partial charge is 0.427 e. The molecule has 0 saturated heterocycles. The quantitative estimate of drug-likeness (QED) is 0.264. The van der Waals surface area contributed by atoms with Crippen molar-refractivity contribution in [1.82, 2.24) is 0 Å². The van der Waals surface area contributed by atoms with Crippen LogP contribution in [-0.4, -0.2) is 35.6 Å². The number of anilines is 2. The molecule has 0 saturated carbocycles. The molecule has 0 spiro atoms. The Kier molecular flexibility index (Phi) is 7.93. The van der Waals surface area contributed by atoms with E-state index in [0.29, 0.717) is 22.7 Å². The molecule has 2 aromatic rings. The van der Waals surface area contributed by atoms with Crippen LogP contribution in [0.3, 0.4) is 0 Å². The number of carbonyl (C=O) groups excluding carboxylic acids is 6. The van der Waals surface area contributed by atoms with Crippen LogP contribution in [0.25, 0.3) is 0 Å². The summed E-state index contributed by atoms with van der Waals surface area (Å²) in [5.41, 5.74) is 1.48. The third-order valence-electron chi connectivity index (χ3n) is 4.90. The Morgan fingerprint density at radius 1 is 0.757 bits per heavy atom. The number of ether oxygens (including phenoxy) is 2. The Balaban J connectivity index is 0.000000206. The molecule has 2 aliphatic rings. The first-order valence-corrected chi connectivity index (χ1v) is 10.9. The van der Waals surface area contributed by atoms with Crippen LogP contribution in [0.2, 0.25) is 0 Å². The highest BCUT2D eigenvalue weighted by Gasteiger charge is 2.29. The van der Waals surface area contributed by atoms with E-state index in [1.165, 1.54) is 50.3 Å². The number of rotatable bonds is 5. The van der Waals surface area contributed by atoms with Gasteiger partial charge in [-0.2, -0.15) is 0 Å². The molecule has 0 N–H and O–H groups in total. The predicted molar refractivity (Wildman–Crippen MR) is 133 cm³/mol. The maximum Gasteiger partial charge on any atom is 0.338 e. The van der Waals surface area contributed by atoms with E-state index in [1.54, 1.807) is 37.3 Å². The van der Waals surface area contributed by atoms with Gasteiger partial charge in [-0.05, 0) is 50.2 Å². The molecule has 10 heteroatoms. The fourth-order valence-electron chi connectivity index (χ4n) is 3.20. The van der Waals surface area contributed by atoms with Gasteiger partial charge in [-0.1, -0.05) is 12.6 Å². The second kappa shape index (κ2) is 11.1. The Morgan fingerprint density at radius 2 is 1.38 bits per heavy atom. The number of amides is 4. The van der Waals surface area contributed by atoms with E-state index in [0.717, 1.165) is 9.80 Å². The summed E-state index contributed by atoms with van der Waals surface area (Å²) in [5.74, 6) is -1.91. The van der Waals surface area contributed by atoms with E-state index < -0.39 is 23.8 Å². The first-order chi connectivity index (χ1) is 17.5. The predicted octanol–water partition coefficient (Wildman–Crippen LogP) is 3.03. The summed E-state index contributed by atoms with van der Waals surface area (Å²) < 4.78 is 9.90. The van der Waals surface area contributed by atoms with Gasteiger partial charge in [0.15, 0.2) is 0 Å². The maximum absolute atomic E-state index is 11.7. The molecule has 0 aliphatic carbocycles. The van der Waals surface area contributed by atoms with E-state index >= 15 is 0 Å². The standard InChI is InChI=1S/C14H11NO4.C13H11NO4/c1-9(2)14(18)19-11-5-3-4-10(8-11)15-12(16)6-7-13(15)17;1-8-7-12(16)14(13(8)17)10-3-5-11(6-4-10)18-9(2)15/h3-8H,1H2,2H3;3-7H,1-2H3. The monoisotopic (exact) mass is 502 g/mol. The smallest absolute Gasteiger partial charge is 0.338 e. The zero-order valence-corrected chi connectivity index (χ0v) is 20.2. The molecule has 4 rings (SSSR count). The lowest BCUT2D eigenvalue weighted by atomic mass is 10.2. The average molecular weight is 502 g/mol. The zero-order chi connectivity index (χ0) is 27.3. The third kappa shape index (κ3) is 6.31. The molecule has 188 valence electrons.